The van der Waals surface area contributed by atoms with Crippen LogP contribution in [0.4, 0.5) is 0 Å². The number of halogens is 2. The molecule has 0 aliphatic heterocycles. The number of nitrogens with zero attached hydrogens (tertiary/aromatic N) is 1. The molecule has 1 N–H and O–H groups in total. The summed E-state index contributed by atoms with van der Waals surface area (Å²) in [6, 6.07) is 3.24. The van der Waals surface area contributed by atoms with Gasteiger partial charge < -0.3 is 13.8 Å². The Kier molecular flexibility index (Phi) is 2.34. The van der Waals surface area contributed by atoms with Crippen molar-refractivity contribution in [1.82, 2.24) is 9.97 Å². The van der Waals surface area contributed by atoms with Crippen molar-refractivity contribution in [3.8, 4) is 11.5 Å². The minimum atomic E-state index is -0.283. The number of hydrogen-bond donors (Lipinski definition) is 1. The molecule has 0 spiro atoms. The van der Waals surface area contributed by atoms with Crippen LogP contribution in [0.25, 0.3) is 22.6 Å². The van der Waals surface area contributed by atoms with Gasteiger partial charge in [-0.1, -0.05) is 0 Å². The molecule has 0 aliphatic carbocycles. The number of H-pyrrole nitrogens is 1. The molecule has 0 aromatic carbocycles. The fraction of sp³-hybridized carbons (Fsp3) is 0. The summed E-state index contributed by atoms with van der Waals surface area (Å²) in [5, 5.41) is 0.587. The van der Waals surface area contributed by atoms with Gasteiger partial charge in [-0.05, 0) is 39.7 Å². The van der Waals surface area contributed by atoms with Gasteiger partial charge in [0.05, 0.1) is 10.8 Å². The topological polar surface area (TPSA) is 72.0 Å². The fourth-order valence-corrected chi connectivity index (χ4v) is 2.28. The van der Waals surface area contributed by atoms with Gasteiger partial charge in [0.2, 0.25) is 5.71 Å². The Morgan fingerprint density at radius 3 is 2.82 bits per heavy atom. The van der Waals surface area contributed by atoms with Crippen LogP contribution in [0.5, 0.6) is 0 Å². The van der Waals surface area contributed by atoms with Crippen LogP contribution >= 0.6 is 27.5 Å². The van der Waals surface area contributed by atoms with Crippen molar-refractivity contribution in [2.45, 2.75) is 0 Å². The largest absolute Gasteiger partial charge is 0.441 e. The third kappa shape index (κ3) is 1.60. The van der Waals surface area contributed by atoms with E-state index in [9.17, 15) is 4.79 Å². The Labute approximate surface area is 108 Å². The first-order valence-electron chi connectivity index (χ1n) is 4.58. The van der Waals surface area contributed by atoms with Crippen molar-refractivity contribution in [3.63, 3.8) is 0 Å². The maximum absolute atomic E-state index is 11.6. The van der Waals surface area contributed by atoms with E-state index in [1.807, 2.05) is 0 Å². The van der Waals surface area contributed by atoms with Crippen LogP contribution in [-0.2, 0) is 0 Å². The second-order valence-electron chi connectivity index (χ2n) is 3.26. The first kappa shape index (κ1) is 10.6. The van der Waals surface area contributed by atoms with Gasteiger partial charge in [0.25, 0.3) is 5.56 Å². The molecule has 0 aliphatic rings. The van der Waals surface area contributed by atoms with Gasteiger partial charge >= 0.3 is 0 Å². The first-order chi connectivity index (χ1) is 8.16. The molecule has 86 valence electrons. The number of aromatic amines is 1. The van der Waals surface area contributed by atoms with Crippen LogP contribution in [0.15, 0.2) is 36.6 Å². The third-order valence-electron chi connectivity index (χ3n) is 2.23. The van der Waals surface area contributed by atoms with E-state index in [2.05, 4.69) is 25.9 Å². The molecule has 0 amide bonds. The predicted molar refractivity (Wildman–Crippen MR) is 65.0 cm³/mol. The molecule has 17 heavy (non-hydrogen) atoms. The number of furan rings is 2. The maximum atomic E-state index is 11.6. The Bertz CT molecular complexity index is 758. The molecule has 7 heteroatoms. The standard InChI is InChI=1S/C10H4BrClN2O3/c11-7-6-9(15)13-3-14-10(6)17-8(7)4-1-2-5(12)16-4/h1-3H,(H,13,14,15). The Morgan fingerprint density at radius 2 is 2.18 bits per heavy atom. The summed E-state index contributed by atoms with van der Waals surface area (Å²) in [5.41, 5.74) is -0.0438. The van der Waals surface area contributed by atoms with Gasteiger partial charge in [-0.3, -0.25) is 4.79 Å². The fourth-order valence-electron chi connectivity index (χ4n) is 1.50. The van der Waals surface area contributed by atoms with Crippen LogP contribution in [-0.4, -0.2) is 9.97 Å². The summed E-state index contributed by atoms with van der Waals surface area (Å²) in [5.74, 6) is 0.815. The van der Waals surface area contributed by atoms with E-state index in [4.69, 9.17) is 20.4 Å². The second kappa shape index (κ2) is 3.75. The minimum absolute atomic E-state index is 0.239. The molecular formula is C10H4BrClN2O3. The van der Waals surface area contributed by atoms with Crippen LogP contribution in [0.1, 0.15) is 0 Å². The zero-order valence-corrected chi connectivity index (χ0v) is 10.5. The highest BCUT2D eigenvalue weighted by atomic mass is 79.9. The summed E-state index contributed by atoms with van der Waals surface area (Å²) in [6.45, 7) is 0. The van der Waals surface area contributed by atoms with Gasteiger partial charge in [-0.25, -0.2) is 4.98 Å². The molecule has 3 aromatic heterocycles. The Morgan fingerprint density at radius 1 is 1.35 bits per heavy atom. The third-order valence-corrected chi connectivity index (χ3v) is 3.19. The van der Waals surface area contributed by atoms with Crippen molar-refractivity contribution in [2.24, 2.45) is 0 Å². The summed E-state index contributed by atoms with van der Waals surface area (Å²) >= 11 is 8.98. The van der Waals surface area contributed by atoms with E-state index in [1.54, 1.807) is 12.1 Å². The average Bonchev–Trinajstić information content (AvgIpc) is 2.84. The van der Waals surface area contributed by atoms with Gasteiger partial charge in [0.15, 0.2) is 16.7 Å². The lowest BCUT2D eigenvalue weighted by molar-refractivity contribution is 0.539. The normalized spacial score (nSPS) is 11.2. The zero-order valence-electron chi connectivity index (χ0n) is 8.16. The number of nitrogens with one attached hydrogen (secondary N) is 1. The molecular weight excluding hydrogens is 311 g/mol. The van der Waals surface area contributed by atoms with Crippen LogP contribution in [0.2, 0.25) is 5.22 Å². The number of hydrogen-bond acceptors (Lipinski definition) is 4. The highest BCUT2D eigenvalue weighted by Crippen LogP contribution is 2.36. The maximum Gasteiger partial charge on any atom is 0.263 e. The first-order valence-corrected chi connectivity index (χ1v) is 5.75. The quantitative estimate of drug-likeness (QED) is 0.748. The molecule has 0 atom stereocenters. The van der Waals surface area contributed by atoms with E-state index in [-0.39, 0.29) is 16.5 Å². The van der Waals surface area contributed by atoms with Gasteiger partial charge in [-0.2, -0.15) is 0 Å². The van der Waals surface area contributed by atoms with Crippen molar-refractivity contribution in [3.05, 3.63) is 38.5 Å². The zero-order chi connectivity index (χ0) is 12.0. The smallest absolute Gasteiger partial charge is 0.263 e. The summed E-state index contributed by atoms with van der Waals surface area (Å²) < 4.78 is 11.2. The lowest BCUT2D eigenvalue weighted by Crippen LogP contribution is -2.04. The highest BCUT2D eigenvalue weighted by molar-refractivity contribution is 9.10. The SMILES string of the molecule is O=c1[nH]cnc2oc(-c3ccc(Cl)o3)c(Br)c12. The second-order valence-corrected chi connectivity index (χ2v) is 4.43. The molecule has 0 bridgehead atoms. The molecule has 3 aromatic rings. The monoisotopic (exact) mass is 314 g/mol. The van der Waals surface area contributed by atoms with Crippen molar-refractivity contribution in [2.75, 3.05) is 0 Å². The number of rotatable bonds is 1. The minimum Gasteiger partial charge on any atom is -0.441 e. The molecule has 0 radical (unpaired) electrons. The van der Waals surface area contributed by atoms with E-state index >= 15 is 0 Å². The lowest BCUT2D eigenvalue weighted by Gasteiger charge is -1.89. The number of fused-ring (bicyclic) bond motifs is 1. The summed E-state index contributed by atoms with van der Waals surface area (Å²) in [4.78, 5) is 18.0. The Hall–Kier alpha value is -1.53. The lowest BCUT2D eigenvalue weighted by atomic mass is 10.3. The molecule has 5 nitrogen and oxygen atoms in total. The summed E-state index contributed by atoms with van der Waals surface area (Å²) in [6.07, 6.45) is 1.28. The van der Waals surface area contributed by atoms with E-state index < -0.39 is 0 Å². The van der Waals surface area contributed by atoms with Crippen molar-refractivity contribution < 1.29 is 8.83 Å². The Balaban J connectivity index is 2.35. The van der Waals surface area contributed by atoms with Crippen LogP contribution in [0, 0.1) is 0 Å². The van der Waals surface area contributed by atoms with E-state index in [1.165, 1.54) is 6.33 Å². The van der Waals surface area contributed by atoms with Crippen molar-refractivity contribution >= 4 is 38.6 Å². The average molecular weight is 316 g/mol. The van der Waals surface area contributed by atoms with Crippen LogP contribution in [0.3, 0.4) is 0 Å². The van der Waals surface area contributed by atoms with Gasteiger partial charge in [0, 0.05) is 0 Å². The molecule has 0 fully saturated rings. The van der Waals surface area contributed by atoms with Gasteiger partial charge in [0.1, 0.15) is 5.39 Å². The van der Waals surface area contributed by atoms with Gasteiger partial charge in [-0.15, -0.1) is 0 Å². The highest BCUT2D eigenvalue weighted by Gasteiger charge is 2.19. The van der Waals surface area contributed by atoms with E-state index in [0.29, 0.717) is 21.4 Å². The molecule has 0 unspecified atom stereocenters. The molecule has 3 heterocycles. The van der Waals surface area contributed by atoms with Crippen molar-refractivity contribution in [1.29, 1.82) is 0 Å². The predicted octanol–water partition coefficient (Wildman–Crippen LogP) is 3.19. The molecule has 0 saturated carbocycles. The number of aromatic nitrogens is 2. The molecule has 3 rings (SSSR count). The van der Waals surface area contributed by atoms with Crippen LogP contribution < -0.4 is 5.56 Å². The molecule has 0 saturated heterocycles. The summed E-state index contributed by atoms with van der Waals surface area (Å²) in [7, 11) is 0. The van der Waals surface area contributed by atoms with E-state index in [0.717, 1.165) is 0 Å².